The Morgan fingerprint density at radius 2 is 2.06 bits per heavy atom. The second-order valence-electron chi connectivity index (χ2n) is 5.57. The molecule has 0 saturated carbocycles. The zero-order valence-electron chi connectivity index (χ0n) is 11.7. The maximum atomic E-state index is 12.1. The lowest BCUT2D eigenvalue weighted by Gasteiger charge is -2.36. The molecule has 1 saturated heterocycles. The van der Waals surface area contributed by atoms with Gasteiger partial charge in [-0.05, 0) is 31.1 Å². The van der Waals surface area contributed by atoms with Gasteiger partial charge >= 0.3 is 5.97 Å². The van der Waals surface area contributed by atoms with Crippen LogP contribution >= 0.6 is 0 Å². The van der Waals surface area contributed by atoms with Crippen molar-refractivity contribution in [2.24, 2.45) is 17.8 Å². The van der Waals surface area contributed by atoms with Crippen LogP contribution in [0.3, 0.4) is 0 Å². The highest BCUT2D eigenvalue weighted by Crippen LogP contribution is 2.27. The number of aliphatic carboxylic acids is 1. The lowest BCUT2D eigenvalue weighted by Crippen LogP contribution is -2.44. The van der Waals surface area contributed by atoms with E-state index in [-0.39, 0.29) is 24.2 Å². The Hall–Kier alpha value is -1.06. The highest BCUT2D eigenvalue weighted by molar-refractivity contribution is 5.78. The van der Waals surface area contributed by atoms with Crippen molar-refractivity contribution in [2.45, 2.75) is 46.5 Å². The van der Waals surface area contributed by atoms with Crippen LogP contribution in [0.5, 0.6) is 0 Å². The Balaban J connectivity index is 2.55. The maximum absolute atomic E-state index is 12.1. The molecular formula is C14H25NO3. The summed E-state index contributed by atoms with van der Waals surface area (Å²) in [6, 6.07) is 0. The zero-order valence-corrected chi connectivity index (χ0v) is 11.7. The van der Waals surface area contributed by atoms with Crippen LogP contribution in [0.15, 0.2) is 0 Å². The smallest absolute Gasteiger partial charge is 0.303 e. The van der Waals surface area contributed by atoms with Gasteiger partial charge in [0.05, 0.1) is 0 Å². The number of piperidine rings is 1. The lowest BCUT2D eigenvalue weighted by molar-refractivity contribution is -0.139. The number of carboxylic acid groups (broad SMARTS) is 1. The summed E-state index contributed by atoms with van der Waals surface area (Å²) in [5, 5.41) is 8.84. The Morgan fingerprint density at radius 3 is 2.61 bits per heavy atom. The van der Waals surface area contributed by atoms with E-state index in [0.29, 0.717) is 5.92 Å². The second-order valence-corrected chi connectivity index (χ2v) is 5.57. The van der Waals surface area contributed by atoms with Crippen molar-refractivity contribution in [3.05, 3.63) is 0 Å². The van der Waals surface area contributed by atoms with Crippen LogP contribution in [0.1, 0.15) is 46.5 Å². The van der Waals surface area contributed by atoms with Gasteiger partial charge < -0.3 is 10.0 Å². The summed E-state index contributed by atoms with van der Waals surface area (Å²) in [6.45, 7) is 7.54. The van der Waals surface area contributed by atoms with E-state index in [2.05, 4.69) is 0 Å². The number of hydrogen-bond donors (Lipinski definition) is 1. The van der Waals surface area contributed by atoms with Gasteiger partial charge in [0.15, 0.2) is 0 Å². The van der Waals surface area contributed by atoms with E-state index in [0.717, 1.165) is 32.4 Å². The number of carboxylic acids is 1. The fourth-order valence-electron chi connectivity index (χ4n) is 2.60. The Kier molecular flexibility index (Phi) is 5.63. The summed E-state index contributed by atoms with van der Waals surface area (Å²) < 4.78 is 0. The molecule has 1 rings (SSSR count). The van der Waals surface area contributed by atoms with Crippen LogP contribution in [0.4, 0.5) is 0 Å². The molecule has 0 spiro atoms. The first-order valence-electron chi connectivity index (χ1n) is 6.96. The topological polar surface area (TPSA) is 57.6 Å². The molecule has 4 heteroatoms. The number of nitrogens with zero attached hydrogens (tertiary/aromatic N) is 1. The van der Waals surface area contributed by atoms with Crippen molar-refractivity contribution in [1.82, 2.24) is 4.90 Å². The summed E-state index contributed by atoms with van der Waals surface area (Å²) in [5.41, 5.74) is 0. The van der Waals surface area contributed by atoms with Crippen LogP contribution < -0.4 is 0 Å². The summed E-state index contributed by atoms with van der Waals surface area (Å²) in [7, 11) is 0. The predicted molar refractivity (Wildman–Crippen MR) is 70.2 cm³/mol. The summed E-state index contributed by atoms with van der Waals surface area (Å²) in [6.07, 6.45) is 3.11. The average molecular weight is 255 g/mol. The summed E-state index contributed by atoms with van der Waals surface area (Å²) in [4.78, 5) is 24.8. The molecule has 1 N–H and O–H groups in total. The molecule has 1 amide bonds. The van der Waals surface area contributed by atoms with Gasteiger partial charge in [0, 0.05) is 25.4 Å². The number of likely N-dealkylation sites (tertiary alicyclic amines) is 1. The molecule has 1 heterocycles. The minimum absolute atomic E-state index is 0.0820. The van der Waals surface area contributed by atoms with Crippen molar-refractivity contribution in [1.29, 1.82) is 0 Å². The van der Waals surface area contributed by atoms with Gasteiger partial charge in [0.2, 0.25) is 5.91 Å². The van der Waals surface area contributed by atoms with E-state index in [1.807, 2.05) is 25.7 Å². The van der Waals surface area contributed by atoms with E-state index in [4.69, 9.17) is 5.11 Å². The van der Waals surface area contributed by atoms with Crippen LogP contribution in [0, 0.1) is 17.8 Å². The monoisotopic (exact) mass is 255 g/mol. The van der Waals surface area contributed by atoms with E-state index in [9.17, 15) is 9.59 Å². The molecule has 104 valence electrons. The summed E-state index contributed by atoms with van der Waals surface area (Å²) in [5.74, 6) is 0.0500. The molecule has 0 radical (unpaired) electrons. The Bertz CT molecular complexity index is 303. The van der Waals surface area contributed by atoms with Crippen molar-refractivity contribution in [3.63, 3.8) is 0 Å². The maximum Gasteiger partial charge on any atom is 0.303 e. The first kappa shape index (κ1) is 15.0. The molecule has 0 aromatic heterocycles. The predicted octanol–water partition coefficient (Wildman–Crippen LogP) is 2.38. The number of rotatable bonds is 5. The van der Waals surface area contributed by atoms with Crippen molar-refractivity contribution in [2.75, 3.05) is 13.1 Å². The molecule has 0 aromatic rings. The number of amides is 1. The highest BCUT2D eigenvalue weighted by Gasteiger charge is 2.29. The normalized spacial score (nSPS) is 23.5. The summed E-state index contributed by atoms with van der Waals surface area (Å²) >= 11 is 0. The van der Waals surface area contributed by atoms with Crippen molar-refractivity contribution in [3.8, 4) is 0 Å². The minimum Gasteiger partial charge on any atom is -0.481 e. The largest absolute Gasteiger partial charge is 0.481 e. The molecule has 1 aliphatic heterocycles. The van der Waals surface area contributed by atoms with Crippen molar-refractivity contribution >= 4 is 11.9 Å². The third-order valence-corrected chi connectivity index (χ3v) is 4.10. The van der Waals surface area contributed by atoms with Crippen LogP contribution in [0.25, 0.3) is 0 Å². The lowest BCUT2D eigenvalue weighted by atomic mass is 9.84. The molecule has 4 nitrogen and oxygen atoms in total. The van der Waals surface area contributed by atoms with E-state index in [1.165, 1.54) is 0 Å². The van der Waals surface area contributed by atoms with Gasteiger partial charge in [-0.25, -0.2) is 0 Å². The van der Waals surface area contributed by atoms with Crippen molar-refractivity contribution < 1.29 is 14.7 Å². The molecule has 0 bridgehead atoms. The molecule has 18 heavy (non-hydrogen) atoms. The fraction of sp³-hybridized carbons (Fsp3) is 0.857. The molecule has 1 aliphatic rings. The Morgan fingerprint density at radius 1 is 1.39 bits per heavy atom. The van der Waals surface area contributed by atoms with Crippen LogP contribution in [-0.4, -0.2) is 35.0 Å². The number of hydrogen-bond acceptors (Lipinski definition) is 2. The third kappa shape index (κ3) is 4.00. The molecule has 3 atom stereocenters. The molecule has 0 aliphatic carbocycles. The van der Waals surface area contributed by atoms with Crippen LogP contribution in [0.2, 0.25) is 0 Å². The second kappa shape index (κ2) is 6.76. The van der Waals surface area contributed by atoms with Gasteiger partial charge in [-0.15, -0.1) is 0 Å². The van der Waals surface area contributed by atoms with Gasteiger partial charge in [-0.3, -0.25) is 9.59 Å². The van der Waals surface area contributed by atoms with E-state index >= 15 is 0 Å². The standard InChI is InChI=1S/C14H25NO3/c1-4-10(2)14(18)15-7-5-6-12(9-15)11(3)8-13(16)17/h10-12H,4-9H2,1-3H3,(H,16,17). The van der Waals surface area contributed by atoms with Crippen LogP contribution in [-0.2, 0) is 9.59 Å². The Labute approximate surface area is 109 Å². The van der Waals surface area contributed by atoms with Gasteiger partial charge in [-0.1, -0.05) is 20.8 Å². The minimum atomic E-state index is -0.743. The van der Waals surface area contributed by atoms with Gasteiger partial charge in [0.1, 0.15) is 0 Å². The molecular weight excluding hydrogens is 230 g/mol. The zero-order chi connectivity index (χ0) is 13.7. The van der Waals surface area contributed by atoms with E-state index < -0.39 is 5.97 Å². The first-order valence-corrected chi connectivity index (χ1v) is 6.96. The van der Waals surface area contributed by atoms with Gasteiger partial charge in [0.25, 0.3) is 0 Å². The van der Waals surface area contributed by atoms with Gasteiger partial charge in [-0.2, -0.15) is 0 Å². The average Bonchev–Trinajstić information content (AvgIpc) is 2.36. The SMILES string of the molecule is CCC(C)C(=O)N1CCCC(C(C)CC(=O)O)C1. The first-order chi connectivity index (χ1) is 8.45. The number of carbonyl (C=O) groups is 2. The number of carbonyl (C=O) groups excluding carboxylic acids is 1. The molecule has 0 aromatic carbocycles. The third-order valence-electron chi connectivity index (χ3n) is 4.10. The highest BCUT2D eigenvalue weighted by atomic mass is 16.4. The fourth-order valence-corrected chi connectivity index (χ4v) is 2.60. The van der Waals surface area contributed by atoms with E-state index in [1.54, 1.807) is 0 Å². The molecule has 1 fully saturated rings. The molecule has 3 unspecified atom stereocenters. The quantitative estimate of drug-likeness (QED) is 0.820.